The largest absolute Gasteiger partial charge is 0.351 e. The Morgan fingerprint density at radius 3 is 2.42 bits per heavy atom. The molecule has 0 saturated heterocycles. The highest BCUT2D eigenvalue weighted by Crippen LogP contribution is 2.25. The van der Waals surface area contributed by atoms with E-state index in [9.17, 15) is 9.59 Å². The van der Waals surface area contributed by atoms with Crippen molar-refractivity contribution in [1.29, 1.82) is 0 Å². The summed E-state index contributed by atoms with van der Waals surface area (Å²) in [6, 6.07) is 7.27. The number of carbonyl (C=O) groups excluding carboxylic acids is 1. The molecule has 0 radical (unpaired) electrons. The van der Waals surface area contributed by atoms with Crippen LogP contribution in [0.2, 0.25) is 0 Å². The highest BCUT2D eigenvalue weighted by molar-refractivity contribution is 8.00. The summed E-state index contributed by atoms with van der Waals surface area (Å²) in [6.07, 6.45) is 0. The molecule has 2 rings (SSSR count). The molecule has 0 aliphatic carbocycles. The Kier molecular flexibility index (Phi) is 5.38. The van der Waals surface area contributed by atoms with E-state index in [4.69, 9.17) is 0 Å². The van der Waals surface area contributed by atoms with Crippen molar-refractivity contribution < 1.29 is 4.79 Å². The van der Waals surface area contributed by atoms with Crippen molar-refractivity contribution in [1.82, 2.24) is 14.9 Å². The molecule has 6 heteroatoms. The number of hydrogen-bond acceptors (Lipinski definition) is 4. The van der Waals surface area contributed by atoms with Gasteiger partial charge in [-0.2, -0.15) is 0 Å². The third-order valence-electron chi connectivity index (χ3n) is 3.44. The number of aromatic nitrogens is 2. The Labute approximate surface area is 146 Å². The summed E-state index contributed by atoms with van der Waals surface area (Å²) in [5.41, 5.74) is 0.298. The van der Waals surface area contributed by atoms with Gasteiger partial charge in [0.25, 0.3) is 5.56 Å². The van der Waals surface area contributed by atoms with E-state index in [0.29, 0.717) is 16.1 Å². The summed E-state index contributed by atoms with van der Waals surface area (Å²) < 4.78 is 1.66. The average molecular weight is 347 g/mol. The van der Waals surface area contributed by atoms with Crippen LogP contribution in [0.15, 0.2) is 34.2 Å². The molecule has 1 aromatic heterocycles. The molecule has 2 aromatic rings. The number of nitrogens with zero attached hydrogens (tertiary/aromatic N) is 2. The van der Waals surface area contributed by atoms with Crippen LogP contribution in [0.1, 0.15) is 47.6 Å². The number of hydrogen-bond donors (Lipinski definition) is 1. The van der Waals surface area contributed by atoms with Gasteiger partial charge in [0.2, 0.25) is 5.91 Å². The van der Waals surface area contributed by atoms with Gasteiger partial charge in [0.15, 0.2) is 5.16 Å². The number of fused-ring (bicyclic) bond motifs is 1. The van der Waals surface area contributed by atoms with Crippen molar-refractivity contribution in [2.75, 3.05) is 0 Å². The first-order chi connectivity index (χ1) is 11.1. The maximum atomic E-state index is 12.8. The molecule has 130 valence electrons. The molecule has 1 amide bonds. The summed E-state index contributed by atoms with van der Waals surface area (Å²) in [4.78, 5) is 29.7. The van der Waals surface area contributed by atoms with Crippen LogP contribution in [0, 0.1) is 0 Å². The second kappa shape index (κ2) is 6.97. The fraction of sp³-hybridized carbons (Fsp3) is 0.500. The third kappa shape index (κ3) is 4.17. The quantitative estimate of drug-likeness (QED) is 0.680. The number of rotatable bonds is 4. The Morgan fingerprint density at radius 1 is 1.21 bits per heavy atom. The van der Waals surface area contributed by atoms with E-state index in [2.05, 4.69) is 10.3 Å². The van der Waals surface area contributed by atoms with Gasteiger partial charge in [0.05, 0.1) is 16.2 Å². The highest BCUT2D eigenvalue weighted by Gasteiger charge is 2.23. The number of thioether (sulfide) groups is 1. The molecular formula is C18H25N3O2S. The van der Waals surface area contributed by atoms with Gasteiger partial charge in [-0.1, -0.05) is 23.9 Å². The SMILES string of the molecule is CC(C)n1c(S[C@@H](C)C(=O)NC(C)(C)C)nc2ccccc2c1=O. The van der Waals surface area contributed by atoms with E-state index >= 15 is 0 Å². The van der Waals surface area contributed by atoms with Gasteiger partial charge in [-0.05, 0) is 53.7 Å². The minimum Gasteiger partial charge on any atom is -0.351 e. The van der Waals surface area contributed by atoms with E-state index in [1.165, 1.54) is 11.8 Å². The van der Waals surface area contributed by atoms with Crippen LogP contribution in [0.3, 0.4) is 0 Å². The molecule has 0 aliphatic heterocycles. The summed E-state index contributed by atoms with van der Waals surface area (Å²) in [5.74, 6) is -0.0646. The molecular weight excluding hydrogens is 322 g/mol. The monoisotopic (exact) mass is 347 g/mol. The Morgan fingerprint density at radius 2 is 1.83 bits per heavy atom. The molecule has 5 nitrogen and oxygen atoms in total. The molecule has 0 bridgehead atoms. The van der Waals surface area contributed by atoms with Gasteiger partial charge < -0.3 is 5.32 Å². The number of para-hydroxylation sites is 1. The summed E-state index contributed by atoms with van der Waals surface area (Å²) in [6.45, 7) is 11.6. The van der Waals surface area contributed by atoms with Crippen LogP contribution in [-0.4, -0.2) is 26.2 Å². The molecule has 24 heavy (non-hydrogen) atoms. The first-order valence-corrected chi connectivity index (χ1v) is 8.98. The van der Waals surface area contributed by atoms with Gasteiger partial charge in [-0.25, -0.2) is 4.98 Å². The molecule has 0 spiro atoms. The lowest BCUT2D eigenvalue weighted by Gasteiger charge is -2.24. The minimum absolute atomic E-state index is 0.0324. The van der Waals surface area contributed by atoms with Gasteiger partial charge >= 0.3 is 0 Å². The fourth-order valence-corrected chi connectivity index (χ4v) is 3.39. The zero-order chi connectivity index (χ0) is 18.1. The highest BCUT2D eigenvalue weighted by atomic mass is 32.2. The molecule has 0 aliphatic rings. The first kappa shape index (κ1) is 18.5. The van der Waals surface area contributed by atoms with Crippen molar-refractivity contribution in [3.63, 3.8) is 0 Å². The van der Waals surface area contributed by atoms with Crippen molar-refractivity contribution in [3.8, 4) is 0 Å². The zero-order valence-electron chi connectivity index (χ0n) is 15.1. The summed E-state index contributed by atoms with van der Waals surface area (Å²) in [5, 5.41) is 3.79. The van der Waals surface area contributed by atoms with Gasteiger partial charge in [-0.15, -0.1) is 0 Å². The second-order valence-electron chi connectivity index (χ2n) is 7.18. The lowest BCUT2D eigenvalue weighted by Crippen LogP contribution is -2.44. The van der Waals surface area contributed by atoms with Gasteiger partial charge in [0, 0.05) is 11.6 Å². The lowest BCUT2D eigenvalue weighted by atomic mass is 10.1. The van der Waals surface area contributed by atoms with Crippen LogP contribution in [-0.2, 0) is 4.79 Å². The molecule has 0 unspecified atom stereocenters. The van der Waals surface area contributed by atoms with Crippen molar-refractivity contribution >= 4 is 28.6 Å². The standard InChI is InChI=1S/C18H25N3O2S/c1-11(2)21-16(23)13-9-7-8-10-14(13)19-17(21)24-12(3)15(22)20-18(4,5)6/h7-12H,1-6H3,(H,20,22)/t12-/m0/s1. The number of amides is 1. The van der Waals surface area contributed by atoms with E-state index < -0.39 is 0 Å². The minimum atomic E-state index is -0.345. The van der Waals surface area contributed by atoms with E-state index in [0.717, 1.165) is 0 Å². The fourth-order valence-electron chi connectivity index (χ4n) is 2.35. The predicted octanol–water partition coefficient (Wildman–Crippen LogP) is 3.37. The predicted molar refractivity (Wildman–Crippen MR) is 99.6 cm³/mol. The molecule has 0 saturated carbocycles. The van der Waals surface area contributed by atoms with Crippen LogP contribution in [0.4, 0.5) is 0 Å². The number of carbonyl (C=O) groups is 1. The Bertz CT molecular complexity index is 806. The Hall–Kier alpha value is -1.82. The topological polar surface area (TPSA) is 64.0 Å². The van der Waals surface area contributed by atoms with Crippen LogP contribution in [0.25, 0.3) is 10.9 Å². The summed E-state index contributed by atoms with van der Waals surface area (Å²) >= 11 is 1.32. The third-order valence-corrected chi connectivity index (χ3v) is 4.51. The van der Waals surface area contributed by atoms with E-state index in [1.54, 1.807) is 10.6 Å². The van der Waals surface area contributed by atoms with Gasteiger partial charge in [0.1, 0.15) is 0 Å². The maximum Gasteiger partial charge on any atom is 0.262 e. The second-order valence-corrected chi connectivity index (χ2v) is 8.49. The number of benzene rings is 1. The van der Waals surface area contributed by atoms with Crippen molar-refractivity contribution in [3.05, 3.63) is 34.6 Å². The maximum absolute atomic E-state index is 12.8. The smallest absolute Gasteiger partial charge is 0.262 e. The average Bonchev–Trinajstić information content (AvgIpc) is 2.45. The zero-order valence-corrected chi connectivity index (χ0v) is 15.9. The first-order valence-electron chi connectivity index (χ1n) is 8.10. The molecule has 1 aromatic carbocycles. The van der Waals surface area contributed by atoms with Crippen molar-refractivity contribution in [2.24, 2.45) is 0 Å². The van der Waals surface area contributed by atoms with Crippen LogP contribution >= 0.6 is 11.8 Å². The molecule has 0 fully saturated rings. The van der Waals surface area contributed by atoms with Crippen LogP contribution in [0.5, 0.6) is 0 Å². The van der Waals surface area contributed by atoms with Crippen molar-refractivity contribution in [2.45, 2.75) is 63.5 Å². The van der Waals surface area contributed by atoms with Crippen LogP contribution < -0.4 is 10.9 Å². The molecule has 1 heterocycles. The number of nitrogens with one attached hydrogen (secondary N) is 1. The molecule has 1 atom stereocenters. The van der Waals surface area contributed by atoms with E-state index in [1.807, 2.05) is 59.7 Å². The Balaban J connectivity index is 2.42. The normalized spacial score (nSPS) is 13.3. The summed E-state index contributed by atoms with van der Waals surface area (Å²) in [7, 11) is 0. The molecule has 1 N–H and O–H groups in total. The van der Waals surface area contributed by atoms with Gasteiger partial charge in [-0.3, -0.25) is 14.2 Å². The lowest BCUT2D eigenvalue weighted by molar-refractivity contribution is -0.121. The van der Waals surface area contributed by atoms with E-state index in [-0.39, 0.29) is 28.3 Å².